The van der Waals surface area contributed by atoms with E-state index in [4.69, 9.17) is 4.74 Å². The monoisotopic (exact) mass is 311 g/mol. The first-order chi connectivity index (χ1) is 11.3. The molecule has 1 amide bonds. The number of benzene rings is 1. The molecule has 2 aromatic rings. The van der Waals surface area contributed by atoms with Crippen LogP contribution in [0.3, 0.4) is 0 Å². The summed E-state index contributed by atoms with van der Waals surface area (Å²) >= 11 is 0. The van der Waals surface area contributed by atoms with Crippen LogP contribution in [0.4, 0.5) is 0 Å². The van der Waals surface area contributed by atoms with Crippen molar-refractivity contribution >= 4 is 5.91 Å². The lowest BCUT2D eigenvalue weighted by molar-refractivity contribution is -0.0292. The van der Waals surface area contributed by atoms with Gasteiger partial charge in [-0.3, -0.25) is 14.7 Å². The standard InChI is InChI=1S/C18H21N3O2/c22-18(16-7-4-8-19-11-16)20-12-17-14-21(9-10-23-17)13-15-5-2-1-3-6-15/h1-8,11,17H,9-10,12-14H2,(H,20,22)/t17-/m1/s1. The molecule has 1 saturated heterocycles. The van der Waals surface area contributed by atoms with E-state index in [1.807, 2.05) is 6.07 Å². The van der Waals surface area contributed by atoms with Gasteiger partial charge in [0.05, 0.1) is 18.3 Å². The molecule has 0 radical (unpaired) electrons. The molecule has 1 fully saturated rings. The van der Waals surface area contributed by atoms with E-state index in [0.717, 1.165) is 19.6 Å². The Morgan fingerprint density at radius 2 is 2.13 bits per heavy atom. The fourth-order valence-electron chi connectivity index (χ4n) is 2.69. The number of carbonyl (C=O) groups is 1. The molecular weight excluding hydrogens is 290 g/mol. The summed E-state index contributed by atoms with van der Waals surface area (Å²) in [6.45, 7) is 3.86. The summed E-state index contributed by atoms with van der Waals surface area (Å²) in [5, 5.41) is 2.92. The van der Waals surface area contributed by atoms with Gasteiger partial charge in [-0.2, -0.15) is 0 Å². The Hall–Kier alpha value is -2.24. The predicted octanol–water partition coefficient (Wildman–Crippen LogP) is 1.71. The van der Waals surface area contributed by atoms with E-state index in [2.05, 4.69) is 39.5 Å². The van der Waals surface area contributed by atoms with Crippen LogP contribution < -0.4 is 5.32 Å². The number of hydrogen-bond donors (Lipinski definition) is 1. The van der Waals surface area contributed by atoms with Gasteiger partial charge in [0.15, 0.2) is 0 Å². The van der Waals surface area contributed by atoms with Crippen molar-refractivity contribution in [3.63, 3.8) is 0 Å². The predicted molar refractivity (Wildman–Crippen MR) is 88.0 cm³/mol. The van der Waals surface area contributed by atoms with E-state index in [1.165, 1.54) is 5.56 Å². The zero-order valence-corrected chi connectivity index (χ0v) is 13.0. The lowest BCUT2D eigenvalue weighted by atomic mass is 10.2. The van der Waals surface area contributed by atoms with Crippen molar-refractivity contribution in [3.05, 3.63) is 66.0 Å². The number of morpholine rings is 1. The SMILES string of the molecule is O=C(NC[C@@H]1CN(Cc2ccccc2)CCO1)c1cccnc1. The number of nitrogens with one attached hydrogen (secondary N) is 1. The summed E-state index contributed by atoms with van der Waals surface area (Å²) in [6, 6.07) is 13.9. The highest BCUT2D eigenvalue weighted by Gasteiger charge is 2.21. The molecule has 23 heavy (non-hydrogen) atoms. The van der Waals surface area contributed by atoms with Gasteiger partial charge in [0.25, 0.3) is 5.91 Å². The Labute approximate surface area is 136 Å². The number of pyridine rings is 1. The highest BCUT2D eigenvalue weighted by Crippen LogP contribution is 2.10. The van der Waals surface area contributed by atoms with Crippen molar-refractivity contribution in [2.75, 3.05) is 26.2 Å². The summed E-state index contributed by atoms with van der Waals surface area (Å²) in [5.74, 6) is -0.109. The third kappa shape index (κ3) is 4.61. The molecule has 1 atom stereocenters. The third-order valence-electron chi connectivity index (χ3n) is 3.89. The van der Waals surface area contributed by atoms with Crippen molar-refractivity contribution in [1.82, 2.24) is 15.2 Å². The van der Waals surface area contributed by atoms with Gasteiger partial charge in [0, 0.05) is 38.6 Å². The molecular formula is C18H21N3O2. The van der Waals surface area contributed by atoms with Crippen LogP contribution in [0, 0.1) is 0 Å². The first-order valence-corrected chi connectivity index (χ1v) is 7.87. The highest BCUT2D eigenvalue weighted by atomic mass is 16.5. The summed E-state index contributed by atoms with van der Waals surface area (Å²) in [6.07, 6.45) is 3.24. The summed E-state index contributed by atoms with van der Waals surface area (Å²) < 4.78 is 5.76. The van der Waals surface area contributed by atoms with Crippen LogP contribution in [0.2, 0.25) is 0 Å². The Morgan fingerprint density at radius 1 is 1.26 bits per heavy atom. The smallest absolute Gasteiger partial charge is 0.252 e. The molecule has 1 aliphatic heterocycles. The first-order valence-electron chi connectivity index (χ1n) is 7.87. The third-order valence-corrected chi connectivity index (χ3v) is 3.89. The molecule has 5 heteroatoms. The number of carbonyl (C=O) groups excluding carboxylic acids is 1. The lowest BCUT2D eigenvalue weighted by Gasteiger charge is -2.33. The van der Waals surface area contributed by atoms with Crippen LogP contribution in [-0.2, 0) is 11.3 Å². The Kier molecular flexibility index (Phi) is 5.34. The minimum Gasteiger partial charge on any atom is -0.374 e. The van der Waals surface area contributed by atoms with E-state index in [9.17, 15) is 4.79 Å². The average Bonchev–Trinajstić information content (AvgIpc) is 2.62. The summed E-state index contributed by atoms with van der Waals surface area (Å²) in [7, 11) is 0. The molecule has 120 valence electrons. The van der Waals surface area contributed by atoms with Crippen LogP contribution in [0.1, 0.15) is 15.9 Å². The fourth-order valence-corrected chi connectivity index (χ4v) is 2.69. The normalized spacial score (nSPS) is 18.5. The molecule has 1 aromatic carbocycles. The van der Waals surface area contributed by atoms with E-state index >= 15 is 0 Å². The van der Waals surface area contributed by atoms with E-state index < -0.39 is 0 Å². The maximum Gasteiger partial charge on any atom is 0.252 e. The number of ether oxygens (including phenoxy) is 1. The highest BCUT2D eigenvalue weighted by molar-refractivity contribution is 5.93. The zero-order chi connectivity index (χ0) is 15.9. The Morgan fingerprint density at radius 3 is 2.91 bits per heavy atom. The molecule has 0 bridgehead atoms. The van der Waals surface area contributed by atoms with Gasteiger partial charge in [0.2, 0.25) is 0 Å². The average molecular weight is 311 g/mol. The molecule has 5 nitrogen and oxygen atoms in total. The van der Waals surface area contributed by atoms with Crippen molar-refractivity contribution in [3.8, 4) is 0 Å². The molecule has 0 unspecified atom stereocenters. The van der Waals surface area contributed by atoms with Crippen LogP contribution in [0.15, 0.2) is 54.9 Å². The maximum absolute atomic E-state index is 12.0. The molecule has 0 aliphatic carbocycles. The second-order valence-electron chi connectivity index (χ2n) is 5.67. The van der Waals surface area contributed by atoms with E-state index in [0.29, 0.717) is 18.7 Å². The van der Waals surface area contributed by atoms with Gasteiger partial charge in [-0.25, -0.2) is 0 Å². The molecule has 1 N–H and O–H groups in total. The lowest BCUT2D eigenvalue weighted by Crippen LogP contribution is -2.47. The molecule has 1 aliphatic rings. The van der Waals surface area contributed by atoms with Crippen molar-refractivity contribution < 1.29 is 9.53 Å². The number of hydrogen-bond acceptors (Lipinski definition) is 4. The van der Waals surface area contributed by atoms with Crippen molar-refractivity contribution in [2.24, 2.45) is 0 Å². The first kappa shape index (κ1) is 15.6. The van der Waals surface area contributed by atoms with Crippen LogP contribution in [-0.4, -0.2) is 48.1 Å². The maximum atomic E-state index is 12.0. The van der Waals surface area contributed by atoms with Gasteiger partial charge in [-0.15, -0.1) is 0 Å². The fraction of sp³-hybridized carbons (Fsp3) is 0.333. The number of nitrogens with zero attached hydrogens (tertiary/aromatic N) is 2. The molecule has 0 saturated carbocycles. The zero-order valence-electron chi connectivity index (χ0n) is 13.0. The number of amides is 1. The molecule has 1 aromatic heterocycles. The van der Waals surface area contributed by atoms with Crippen LogP contribution in [0.25, 0.3) is 0 Å². The minimum absolute atomic E-state index is 0.0214. The van der Waals surface area contributed by atoms with Crippen LogP contribution in [0.5, 0.6) is 0 Å². The largest absolute Gasteiger partial charge is 0.374 e. The topological polar surface area (TPSA) is 54.5 Å². The second kappa shape index (κ2) is 7.85. The number of aromatic nitrogens is 1. The second-order valence-corrected chi connectivity index (χ2v) is 5.67. The number of rotatable bonds is 5. The molecule has 3 rings (SSSR count). The minimum atomic E-state index is -0.109. The molecule has 0 spiro atoms. The summed E-state index contributed by atoms with van der Waals surface area (Å²) in [5.41, 5.74) is 1.87. The van der Waals surface area contributed by atoms with Gasteiger partial charge in [0.1, 0.15) is 0 Å². The van der Waals surface area contributed by atoms with E-state index in [1.54, 1.807) is 24.5 Å². The van der Waals surface area contributed by atoms with Gasteiger partial charge >= 0.3 is 0 Å². The van der Waals surface area contributed by atoms with Crippen molar-refractivity contribution in [1.29, 1.82) is 0 Å². The Bertz CT molecular complexity index is 619. The quantitative estimate of drug-likeness (QED) is 0.913. The van der Waals surface area contributed by atoms with Gasteiger partial charge in [-0.1, -0.05) is 30.3 Å². The molecule has 2 heterocycles. The van der Waals surface area contributed by atoms with Crippen molar-refractivity contribution in [2.45, 2.75) is 12.6 Å². The summed E-state index contributed by atoms with van der Waals surface area (Å²) in [4.78, 5) is 18.4. The Balaban J connectivity index is 1.48. The van der Waals surface area contributed by atoms with E-state index in [-0.39, 0.29) is 12.0 Å². The van der Waals surface area contributed by atoms with Gasteiger partial charge < -0.3 is 10.1 Å². The van der Waals surface area contributed by atoms with Crippen LogP contribution >= 0.6 is 0 Å². The van der Waals surface area contributed by atoms with Gasteiger partial charge in [-0.05, 0) is 17.7 Å².